The van der Waals surface area contributed by atoms with E-state index in [1.807, 2.05) is 16.9 Å². The minimum absolute atomic E-state index is 0.909. The molecule has 2 rings (SSSR count). The Balaban J connectivity index is 1.35. The topological polar surface area (TPSA) is 30.7 Å². The minimum Gasteiger partial charge on any atom is -0.184 e. The van der Waals surface area contributed by atoms with E-state index in [1.165, 1.54) is 109 Å². The second-order valence-corrected chi connectivity index (χ2v) is 10.7. The van der Waals surface area contributed by atoms with Gasteiger partial charge in [0.1, 0.15) is 11.0 Å². The van der Waals surface area contributed by atoms with Crippen molar-refractivity contribution in [2.24, 2.45) is 0 Å². The average molecular weight is 557 g/mol. The molecule has 5 heteroatoms. The van der Waals surface area contributed by atoms with Gasteiger partial charge in [0.05, 0.1) is 6.54 Å². The van der Waals surface area contributed by atoms with Crippen molar-refractivity contribution in [3.63, 3.8) is 0 Å². The maximum Gasteiger partial charge on any atom is 0.128 e. The van der Waals surface area contributed by atoms with Gasteiger partial charge in [0.2, 0.25) is 0 Å². The Morgan fingerprint density at radius 1 is 0.548 bits per heavy atom. The molecule has 0 aliphatic carbocycles. The summed E-state index contributed by atoms with van der Waals surface area (Å²) in [5, 5.41) is 9.23. The van der Waals surface area contributed by atoms with Crippen LogP contribution in [0.3, 0.4) is 0 Å². The van der Waals surface area contributed by atoms with E-state index in [1.54, 1.807) is 0 Å². The molecule has 1 aromatic heterocycles. The lowest BCUT2D eigenvalue weighted by atomic mass is 10.0. The van der Waals surface area contributed by atoms with Crippen LogP contribution < -0.4 is 0 Å². The van der Waals surface area contributed by atoms with E-state index in [0.717, 1.165) is 32.9 Å². The Morgan fingerprint density at radius 3 is 1.23 bits per heavy atom. The predicted molar refractivity (Wildman–Crippen MR) is 142 cm³/mol. The molecule has 176 valence electrons. The van der Waals surface area contributed by atoms with Crippen molar-refractivity contribution in [2.45, 2.75) is 129 Å². The normalized spacial score (nSPS) is 11.6. The summed E-state index contributed by atoms with van der Waals surface area (Å²) in [5.41, 5.74) is 1.88. The van der Waals surface area contributed by atoms with Crippen molar-refractivity contribution in [1.82, 2.24) is 15.0 Å². The Morgan fingerprint density at radius 2 is 0.871 bits per heavy atom. The number of rotatable bonds is 19. The highest BCUT2D eigenvalue weighted by Crippen LogP contribution is 2.27. The van der Waals surface area contributed by atoms with Gasteiger partial charge in [0, 0.05) is 8.95 Å². The lowest BCUT2D eigenvalue weighted by Gasteiger charge is -2.04. The first kappa shape index (κ1) is 26.8. The maximum atomic E-state index is 4.62. The third kappa shape index (κ3) is 11.3. The van der Waals surface area contributed by atoms with Crippen molar-refractivity contribution in [2.75, 3.05) is 0 Å². The summed E-state index contributed by atoms with van der Waals surface area (Å²) in [4.78, 5) is 1.85. The monoisotopic (exact) mass is 555 g/mol. The highest BCUT2D eigenvalue weighted by atomic mass is 79.9. The molecule has 0 N–H and O–H groups in total. The van der Waals surface area contributed by atoms with Crippen LogP contribution in [0.5, 0.6) is 0 Å². The molecule has 0 spiro atoms. The van der Waals surface area contributed by atoms with Gasteiger partial charge in [-0.1, -0.05) is 116 Å². The highest BCUT2D eigenvalue weighted by molar-refractivity contribution is 9.11. The number of hydrogen-bond acceptors (Lipinski definition) is 2. The highest BCUT2D eigenvalue weighted by Gasteiger charge is 2.09. The van der Waals surface area contributed by atoms with Gasteiger partial charge < -0.3 is 0 Å². The standard InChI is InChI=1S/C26H43Br2N3/c1-2-3-4-5-6-7-8-9-10-11-12-13-14-15-16-17-18-19-22-31-29-25-23(27)20-21-24(28)26(25)30-31/h20-21H,2-19,22H2,1H3. The van der Waals surface area contributed by atoms with E-state index in [-0.39, 0.29) is 0 Å². The molecule has 3 nitrogen and oxygen atoms in total. The zero-order valence-corrected chi connectivity index (χ0v) is 22.9. The van der Waals surface area contributed by atoms with Crippen LogP contribution in [0, 0.1) is 0 Å². The molecule has 0 bridgehead atoms. The number of unbranched alkanes of at least 4 members (excludes halogenated alkanes) is 17. The maximum absolute atomic E-state index is 4.62. The zero-order valence-electron chi connectivity index (χ0n) is 19.7. The summed E-state index contributed by atoms with van der Waals surface area (Å²) >= 11 is 7.13. The number of fused-ring (bicyclic) bond motifs is 1. The first-order valence-corrected chi connectivity index (χ1v) is 14.5. The molecule has 31 heavy (non-hydrogen) atoms. The van der Waals surface area contributed by atoms with E-state index in [9.17, 15) is 0 Å². The summed E-state index contributed by atoms with van der Waals surface area (Å²) in [5.74, 6) is 0. The van der Waals surface area contributed by atoms with Gasteiger partial charge in [-0.3, -0.25) is 0 Å². The Bertz CT molecular complexity index is 675. The largest absolute Gasteiger partial charge is 0.184 e. The average Bonchev–Trinajstić information content (AvgIpc) is 3.21. The number of benzene rings is 1. The van der Waals surface area contributed by atoms with Gasteiger partial charge in [-0.2, -0.15) is 15.0 Å². The van der Waals surface area contributed by atoms with Crippen LogP contribution in [0.4, 0.5) is 0 Å². The van der Waals surface area contributed by atoms with Crippen LogP contribution in [0.25, 0.3) is 11.0 Å². The third-order valence-corrected chi connectivity index (χ3v) is 7.48. The smallest absolute Gasteiger partial charge is 0.128 e. The summed E-state index contributed by atoms with van der Waals surface area (Å²) < 4.78 is 2.02. The van der Waals surface area contributed by atoms with E-state index < -0.39 is 0 Å². The Kier molecular flexibility index (Phi) is 14.8. The fourth-order valence-corrected chi connectivity index (χ4v) is 5.03. The summed E-state index contributed by atoms with van der Waals surface area (Å²) in [6.07, 6.45) is 25.3. The molecule has 0 amide bonds. The van der Waals surface area contributed by atoms with Crippen molar-refractivity contribution >= 4 is 42.9 Å². The lowest BCUT2D eigenvalue weighted by Crippen LogP contribution is -2.02. The fourth-order valence-electron chi connectivity index (χ4n) is 4.23. The molecule has 0 radical (unpaired) electrons. The number of aryl methyl sites for hydroxylation is 1. The SMILES string of the molecule is CCCCCCCCCCCCCCCCCCCCn1nc2c(Br)ccc(Br)c2n1. The fraction of sp³-hybridized carbons (Fsp3) is 0.769. The Labute approximate surface area is 207 Å². The molecular weight excluding hydrogens is 514 g/mol. The first-order chi connectivity index (χ1) is 15.2. The summed E-state index contributed by atoms with van der Waals surface area (Å²) in [6.45, 7) is 3.20. The van der Waals surface area contributed by atoms with E-state index in [4.69, 9.17) is 0 Å². The van der Waals surface area contributed by atoms with Crippen LogP contribution in [-0.2, 0) is 6.54 Å². The molecule has 2 aromatic rings. The van der Waals surface area contributed by atoms with Crippen molar-refractivity contribution in [1.29, 1.82) is 0 Å². The van der Waals surface area contributed by atoms with Crippen molar-refractivity contribution in [3.8, 4) is 0 Å². The predicted octanol–water partition coefficient (Wildman–Crippen LogP) is 10.00. The molecule has 0 atom stereocenters. The van der Waals surface area contributed by atoms with E-state index in [0.29, 0.717) is 0 Å². The number of nitrogens with zero attached hydrogens (tertiary/aromatic N) is 3. The van der Waals surface area contributed by atoms with Crippen LogP contribution in [0.1, 0.15) is 122 Å². The van der Waals surface area contributed by atoms with Gasteiger partial charge in [0.15, 0.2) is 0 Å². The third-order valence-electron chi connectivity index (χ3n) is 6.20. The molecule has 0 aliphatic heterocycles. The second kappa shape index (κ2) is 17.1. The van der Waals surface area contributed by atoms with Crippen molar-refractivity contribution in [3.05, 3.63) is 21.1 Å². The van der Waals surface area contributed by atoms with Crippen molar-refractivity contribution < 1.29 is 0 Å². The summed E-state index contributed by atoms with van der Waals surface area (Å²) in [7, 11) is 0. The van der Waals surface area contributed by atoms with Crippen LogP contribution in [-0.4, -0.2) is 15.0 Å². The number of hydrogen-bond donors (Lipinski definition) is 0. The molecule has 0 saturated heterocycles. The number of halogens is 2. The minimum atomic E-state index is 0.909. The second-order valence-electron chi connectivity index (χ2n) is 9.03. The van der Waals surface area contributed by atoms with Gasteiger partial charge >= 0.3 is 0 Å². The van der Waals surface area contributed by atoms with Crippen LogP contribution >= 0.6 is 31.9 Å². The van der Waals surface area contributed by atoms with E-state index >= 15 is 0 Å². The van der Waals surface area contributed by atoms with Gasteiger partial charge in [-0.15, -0.1) is 0 Å². The van der Waals surface area contributed by atoms with Crippen LogP contribution in [0.2, 0.25) is 0 Å². The molecule has 0 unspecified atom stereocenters. The molecular formula is C26H43Br2N3. The molecule has 0 saturated carbocycles. The quantitative estimate of drug-likeness (QED) is 0.161. The molecule has 0 aliphatic rings. The van der Waals surface area contributed by atoms with E-state index in [2.05, 4.69) is 49.0 Å². The van der Waals surface area contributed by atoms with Gasteiger partial charge in [-0.25, -0.2) is 0 Å². The van der Waals surface area contributed by atoms with Gasteiger partial charge in [0.25, 0.3) is 0 Å². The van der Waals surface area contributed by atoms with Crippen LogP contribution in [0.15, 0.2) is 21.1 Å². The zero-order chi connectivity index (χ0) is 22.2. The molecule has 0 fully saturated rings. The lowest BCUT2D eigenvalue weighted by molar-refractivity contribution is 0.482. The Hall–Kier alpha value is -0.420. The number of aromatic nitrogens is 3. The van der Waals surface area contributed by atoms with Gasteiger partial charge in [-0.05, 0) is 50.4 Å². The molecule has 1 aromatic carbocycles. The first-order valence-electron chi connectivity index (χ1n) is 12.9. The summed E-state index contributed by atoms with van der Waals surface area (Å²) in [6, 6.07) is 4.03. The molecule has 1 heterocycles.